The van der Waals surface area contributed by atoms with Gasteiger partial charge in [-0.2, -0.15) is 0 Å². The first kappa shape index (κ1) is 40.2. The first-order valence-electron chi connectivity index (χ1n) is 18.8. The monoisotopic (exact) mass is 696 g/mol. The van der Waals surface area contributed by atoms with E-state index in [1.54, 1.807) is 31.2 Å². The van der Waals surface area contributed by atoms with Crippen LogP contribution in [0, 0.1) is 17.3 Å². The van der Waals surface area contributed by atoms with E-state index >= 15 is 0 Å². The van der Waals surface area contributed by atoms with Crippen LogP contribution >= 0.6 is 0 Å². The number of aryl methyl sites for hydroxylation is 1. The Morgan fingerprint density at radius 3 is 2.39 bits per heavy atom. The number of hydrogen-bond acceptors (Lipinski definition) is 6. The third-order valence-corrected chi connectivity index (χ3v) is 11.7. The first-order chi connectivity index (χ1) is 24.4. The molecule has 51 heavy (non-hydrogen) atoms. The molecule has 2 saturated carbocycles. The number of aromatic hydroxyl groups is 1. The zero-order valence-corrected chi connectivity index (χ0v) is 31.0. The summed E-state index contributed by atoms with van der Waals surface area (Å²) in [7, 11) is 0. The Hall–Kier alpha value is -3.55. The first-order valence-corrected chi connectivity index (χ1v) is 18.8. The van der Waals surface area contributed by atoms with Crippen molar-refractivity contribution in [1.82, 2.24) is 0 Å². The maximum atomic E-state index is 13.6. The Kier molecular flexibility index (Phi) is 14.8. The van der Waals surface area contributed by atoms with Gasteiger partial charge >= 0.3 is 0 Å². The van der Waals surface area contributed by atoms with Crippen LogP contribution in [0.4, 0.5) is 0 Å². The summed E-state index contributed by atoms with van der Waals surface area (Å²) >= 11 is 0. The second-order valence-corrected chi connectivity index (χ2v) is 15.1. The number of carbonyl (C=O) groups excluding carboxylic acids is 1. The number of carbonyl (C=O) groups is 1. The minimum atomic E-state index is -1.21. The van der Waals surface area contributed by atoms with E-state index in [1.165, 1.54) is 11.1 Å². The van der Waals surface area contributed by atoms with Crippen molar-refractivity contribution in [3.63, 3.8) is 0 Å². The van der Waals surface area contributed by atoms with E-state index in [2.05, 4.69) is 43.8 Å². The molecule has 0 bridgehead atoms. The number of phenols is 1. The molecule has 0 aliphatic heterocycles. The molecule has 0 heterocycles. The molecule has 2 aliphatic rings. The lowest BCUT2D eigenvalue weighted by Gasteiger charge is -2.55. The Morgan fingerprint density at radius 1 is 0.980 bits per heavy atom. The molecule has 5 atom stereocenters. The zero-order chi connectivity index (χ0) is 37.0. The Morgan fingerprint density at radius 2 is 1.71 bits per heavy atom. The summed E-state index contributed by atoms with van der Waals surface area (Å²) in [6.45, 7) is 9.83. The summed E-state index contributed by atoms with van der Waals surface area (Å²) < 4.78 is 0. The lowest BCUT2D eigenvalue weighted by Crippen LogP contribution is -2.59. The summed E-state index contributed by atoms with van der Waals surface area (Å²) in [6.07, 6.45) is 15.4. The summed E-state index contributed by atoms with van der Waals surface area (Å²) in [4.78, 5) is 13.6. The molecule has 2 fully saturated rings. The lowest BCUT2D eigenvalue weighted by molar-refractivity contribution is -0.167. The quantitative estimate of drug-likeness (QED) is 0.0646. The molecule has 0 radical (unpaired) electrons. The van der Waals surface area contributed by atoms with Gasteiger partial charge in [-0.25, -0.2) is 0 Å². The summed E-state index contributed by atoms with van der Waals surface area (Å²) in [6, 6.07) is 17.2. The van der Waals surface area contributed by atoms with Gasteiger partial charge in [-0.1, -0.05) is 90.1 Å². The van der Waals surface area contributed by atoms with Crippen LogP contribution in [-0.2, 0) is 17.6 Å². The highest BCUT2D eigenvalue weighted by Crippen LogP contribution is 2.63. The number of hydrogen-bond donors (Lipinski definition) is 5. The molecule has 6 heteroatoms. The molecule has 2 aliphatic carbocycles. The lowest BCUT2D eigenvalue weighted by atomic mass is 9.52. The van der Waals surface area contributed by atoms with Gasteiger partial charge in [0.2, 0.25) is 0 Å². The number of ketones is 1. The van der Waals surface area contributed by atoms with Crippen molar-refractivity contribution >= 4 is 5.78 Å². The standard InChI is InChI=1S/C45H60O6/c1-32(14-9-18-35-16-6-5-7-17-35)12-8-13-33(2)15-10-19-37(31-47)40-26-28-45(43(40)50)41(20-11-29-46)39(25-27-44(45,4)51)34(3)42(49)30-36-21-23-38(48)24-22-36/h5-7,10,12,15-17,19,21-24,40-41,43,46-48,50-51H,2,8-9,11,13-14,18,20,25-31H2,1,3-4H3. The van der Waals surface area contributed by atoms with Gasteiger partial charge in [0.05, 0.1) is 18.3 Å². The van der Waals surface area contributed by atoms with Crippen LogP contribution in [0.5, 0.6) is 5.75 Å². The number of benzene rings is 2. The molecule has 2 aromatic rings. The van der Waals surface area contributed by atoms with Crippen molar-refractivity contribution in [2.24, 2.45) is 17.3 Å². The van der Waals surface area contributed by atoms with Gasteiger partial charge in [-0.05, 0) is 132 Å². The largest absolute Gasteiger partial charge is 0.508 e. The molecule has 4 rings (SSSR count). The molecule has 5 N–H and O–H groups in total. The van der Waals surface area contributed by atoms with Gasteiger partial charge in [0, 0.05) is 24.4 Å². The highest BCUT2D eigenvalue weighted by Gasteiger charge is 2.64. The minimum absolute atomic E-state index is 0.0257. The van der Waals surface area contributed by atoms with Crippen molar-refractivity contribution in [3.8, 4) is 5.75 Å². The molecule has 6 nitrogen and oxygen atoms in total. The average molecular weight is 697 g/mol. The molecule has 0 amide bonds. The van der Waals surface area contributed by atoms with Gasteiger partial charge < -0.3 is 25.5 Å². The van der Waals surface area contributed by atoms with Crippen LogP contribution in [0.15, 0.2) is 113 Å². The molecular weight excluding hydrogens is 636 g/mol. The highest BCUT2D eigenvalue weighted by molar-refractivity contribution is 5.97. The molecule has 5 unspecified atom stereocenters. The predicted molar refractivity (Wildman–Crippen MR) is 206 cm³/mol. The topological polar surface area (TPSA) is 118 Å². The van der Waals surface area contributed by atoms with Crippen LogP contribution in [-0.4, -0.2) is 56.2 Å². The van der Waals surface area contributed by atoms with E-state index in [4.69, 9.17) is 0 Å². The zero-order valence-electron chi connectivity index (χ0n) is 31.0. The molecule has 2 aromatic carbocycles. The molecule has 276 valence electrons. The molecule has 0 aromatic heterocycles. The highest BCUT2D eigenvalue weighted by atomic mass is 16.3. The second-order valence-electron chi connectivity index (χ2n) is 15.1. The van der Waals surface area contributed by atoms with Gasteiger partial charge in [-0.3, -0.25) is 4.79 Å². The number of aliphatic hydroxyl groups is 4. The van der Waals surface area contributed by atoms with Crippen molar-refractivity contribution in [3.05, 3.63) is 124 Å². The van der Waals surface area contributed by atoms with E-state index in [-0.39, 0.29) is 43.0 Å². The molecule has 1 spiro atoms. The number of allylic oxidation sites excluding steroid dienone is 8. The minimum Gasteiger partial charge on any atom is -0.508 e. The smallest absolute Gasteiger partial charge is 0.162 e. The van der Waals surface area contributed by atoms with Crippen molar-refractivity contribution in [2.45, 2.75) is 110 Å². The fourth-order valence-electron chi connectivity index (χ4n) is 8.68. The number of rotatable bonds is 17. The van der Waals surface area contributed by atoms with Gasteiger partial charge in [0.25, 0.3) is 0 Å². The van der Waals surface area contributed by atoms with E-state index in [0.717, 1.165) is 48.8 Å². The number of phenolic OH excluding ortho intramolecular Hbond substituents is 1. The average Bonchev–Trinajstić information content (AvgIpc) is 3.46. The SMILES string of the molecule is C=C(C=CC=C(CO)C1CCC2(C(CCCO)C(=C(C)C(=O)Cc3ccc(O)cc3)CCC2(C)O)C1O)CCC=C(C)CCCc1ccccc1. The van der Waals surface area contributed by atoms with Crippen LogP contribution in [0.25, 0.3) is 0 Å². The van der Waals surface area contributed by atoms with Gasteiger partial charge in [0.15, 0.2) is 5.78 Å². The Labute approximate surface area is 305 Å². The van der Waals surface area contributed by atoms with E-state index in [1.807, 2.05) is 31.2 Å². The van der Waals surface area contributed by atoms with Gasteiger partial charge in [0.1, 0.15) is 5.75 Å². The Bertz CT molecular complexity index is 1580. The molecular formula is C45H60O6. The van der Waals surface area contributed by atoms with E-state index in [0.29, 0.717) is 49.7 Å². The maximum Gasteiger partial charge on any atom is 0.162 e. The summed E-state index contributed by atoms with van der Waals surface area (Å²) in [5.41, 5.74) is 4.72. The van der Waals surface area contributed by atoms with Crippen LogP contribution in [0.3, 0.4) is 0 Å². The van der Waals surface area contributed by atoms with Crippen molar-refractivity contribution in [2.75, 3.05) is 13.2 Å². The molecule has 0 saturated heterocycles. The van der Waals surface area contributed by atoms with Crippen molar-refractivity contribution in [1.29, 1.82) is 0 Å². The van der Waals surface area contributed by atoms with Crippen LogP contribution in [0.2, 0.25) is 0 Å². The normalized spacial score (nSPS) is 26.6. The van der Waals surface area contributed by atoms with Gasteiger partial charge in [-0.15, -0.1) is 0 Å². The fraction of sp³-hybridized carbons (Fsp3) is 0.489. The third kappa shape index (κ3) is 10.1. The fourth-order valence-corrected chi connectivity index (χ4v) is 8.68. The van der Waals surface area contributed by atoms with Crippen LogP contribution < -0.4 is 0 Å². The number of aliphatic hydroxyl groups excluding tert-OH is 3. The summed E-state index contributed by atoms with van der Waals surface area (Å²) in [5, 5.41) is 54.3. The predicted octanol–water partition coefficient (Wildman–Crippen LogP) is 8.29. The maximum absolute atomic E-state index is 13.6. The number of Topliss-reactive ketones (excluding diaryl/α,β-unsaturated/α-hetero) is 1. The third-order valence-electron chi connectivity index (χ3n) is 11.7. The van der Waals surface area contributed by atoms with Crippen molar-refractivity contribution < 1.29 is 30.3 Å². The van der Waals surface area contributed by atoms with E-state index < -0.39 is 17.1 Å². The Balaban J connectivity index is 1.45. The second kappa shape index (κ2) is 18.8. The van der Waals surface area contributed by atoms with Crippen LogP contribution in [0.1, 0.15) is 96.1 Å². The summed E-state index contributed by atoms with van der Waals surface area (Å²) in [5.74, 6) is -0.542. The van der Waals surface area contributed by atoms with E-state index in [9.17, 15) is 30.3 Å².